The van der Waals surface area contributed by atoms with E-state index in [1.807, 2.05) is 6.92 Å². The number of aryl methyl sites for hydroxylation is 1. The van der Waals surface area contributed by atoms with Crippen LogP contribution < -0.4 is 10.6 Å². The summed E-state index contributed by atoms with van der Waals surface area (Å²) in [5.74, 6) is 1.44. The summed E-state index contributed by atoms with van der Waals surface area (Å²) < 4.78 is 5.19. The minimum atomic E-state index is 0.243. The van der Waals surface area contributed by atoms with Gasteiger partial charge in [-0.2, -0.15) is 4.98 Å². The Balaban J connectivity index is 2.30. The molecular weight excluding hydrogens is 264 g/mol. The van der Waals surface area contributed by atoms with E-state index in [9.17, 15) is 0 Å². The Kier molecular flexibility index (Phi) is 4.47. The molecule has 0 aromatic carbocycles. The molecule has 0 bridgehead atoms. The first kappa shape index (κ1) is 14.3. The number of ether oxygens (including phenoxy) is 1. The average Bonchev–Trinajstić information content (AvgIpc) is 3.19. The van der Waals surface area contributed by atoms with Gasteiger partial charge in [-0.05, 0) is 44.2 Å². The molecule has 0 aliphatic heterocycles. The third-order valence-electron chi connectivity index (χ3n) is 3.69. The molecule has 1 unspecified atom stereocenters. The molecule has 1 aromatic rings. The van der Waals surface area contributed by atoms with Gasteiger partial charge in [0.05, 0.1) is 18.0 Å². The van der Waals surface area contributed by atoms with Crippen molar-refractivity contribution in [3.05, 3.63) is 11.0 Å². The zero-order valence-corrected chi connectivity index (χ0v) is 12.4. The van der Waals surface area contributed by atoms with E-state index in [2.05, 4.69) is 21.8 Å². The largest absolute Gasteiger partial charge is 0.394 e. The number of halogens is 1. The molecule has 0 amide bonds. The lowest BCUT2D eigenvalue weighted by Crippen LogP contribution is -2.38. The van der Waals surface area contributed by atoms with Crippen molar-refractivity contribution in [1.29, 1.82) is 0 Å². The van der Waals surface area contributed by atoms with E-state index in [0.717, 1.165) is 18.1 Å². The van der Waals surface area contributed by atoms with E-state index in [0.29, 0.717) is 24.3 Å². The third-order valence-corrected chi connectivity index (χ3v) is 3.86. The molecule has 1 saturated carbocycles. The maximum Gasteiger partial charge on any atom is 0.224 e. The van der Waals surface area contributed by atoms with Gasteiger partial charge in [-0.3, -0.25) is 0 Å². The highest BCUT2D eigenvalue weighted by molar-refractivity contribution is 6.28. The molecule has 5 nitrogen and oxygen atoms in total. The molecule has 6 heteroatoms. The van der Waals surface area contributed by atoms with Crippen molar-refractivity contribution in [3.8, 4) is 0 Å². The minimum Gasteiger partial charge on any atom is -0.394 e. The standard InChI is InChI=1S/C13H21ClN4O/c1-8-11(15)12(17-13(14)16-8)18(6-7-19-3)9(2)10-4-5-10/h9-10H,4-7,15H2,1-3H3. The van der Waals surface area contributed by atoms with Crippen molar-refractivity contribution in [3.63, 3.8) is 0 Å². The lowest BCUT2D eigenvalue weighted by atomic mass is 10.1. The predicted molar refractivity (Wildman–Crippen MR) is 77.6 cm³/mol. The highest BCUT2D eigenvalue weighted by Gasteiger charge is 2.33. The zero-order valence-electron chi connectivity index (χ0n) is 11.7. The quantitative estimate of drug-likeness (QED) is 0.812. The van der Waals surface area contributed by atoms with Gasteiger partial charge in [0.2, 0.25) is 5.28 Å². The van der Waals surface area contributed by atoms with Gasteiger partial charge in [0, 0.05) is 19.7 Å². The van der Waals surface area contributed by atoms with E-state index in [4.69, 9.17) is 22.1 Å². The maximum absolute atomic E-state index is 6.12. The van der Waals surface area contributed by atoms with Crippen LogP contribution in [0, 0.1) is 12.8 Å². The topological polar surface area (TPSA) is 64.3 Å². The molecule has 0 saturated heterocycles. The molecule has 0 spiro atoms. The molecule has 2 N–H and O–H groups in total. The summed E-state index contributed by atoms with van der Waals surface area (Å²) in [5.41, 5.74) is 7.44. The highest BCUT2D eigenvalue weighted by atomic mass is 35.5. The van der Waals surface area contributed by atoms with Crippen LogP contribution in [0.1, 0.15) is 25.5 Å². The van der Waals surface area contributed by atoms with Gasteiger partial charge in [0.15, 0.2) is 5.82 Å². The zero-order chi connectivity index (χ0) is 14.0. The first-order valence-electron chi connectivity index (χ1n) is 6.59. The minimum absolute atomic E-state index is 0.243. The van der Waals surface area contributed by atoms with Crippen LogP contribution in [-0.4, -0.2) is 36.3 Å². The van der Waals surface area contributed by atoms with E-state index in [1.54, 1.807) is 7.11 Å². The van der Waals surface area contributed by atoms with Crippen LogP contribution in [0.5, 0.6) is 0 Å². The molecule has 1 heterocycles. The molecule has 19 heavy (non-hydrogen) atoms. The number of nitrogen functional groups attached to an aromatic ring is 1. The number of nitrogens with zero attached hydrogens (tertiary/aromatic N) is 3. The van der Waals surface area contributed by atoms with Gasteiger partial charge in [-0.25, -0.2) is 4.98 Å². The monoisotopic (exact) mass is 284 g/mol. The van der Waals surface area contributed by atoms with Crippen molar-refractivity contribution < 1.29 is 4.74 Å². The number of anilines is 2. The first-order chi connectivity index (χ1) is 9.04. The average molecular weight is 285 g/mol. The fourth-order valence-corrected chi connectivity index (χ4v) is 2.48. The van der Waals surface area contributed by atoms with Crippen LogP contribution in [0.25, 0.3) is 0 Å². The Morgan fingerprint density at radius 1 is 1.47 bits per heavy atom. The fraction of sp³-hybridized carbons (Fsp3) is 0.692. The van der Waals surface area contributed by atoms with Gasteiger partial charge < -0.3 is 15.4 Å². The molecule has 106 valence electrons. The molecule has 1 aliphatic rings. The summed E-state index contributed by atoms with van der Waals surface area (Å²) in [6.07, 6.45) is 2.53. The molecular formula is C13H21ClN4O. The van der Waals surface area contributed by atoms with Crippen LogP contribution in [-0.2, 0) is 4.74 Å². The Bertz CT molecular complexity index is 451. The summed E-state index contributed by atoms with van der Waals surface area (Å²) in [6, 6.07) is 0.391. The highest BCUT2D eigenvalue weighted by Crippen LogP contribution is 2.38. The maximum atomic E-state index is 6.12. The smallest absolute Gasteiger partial charge is 0.224 e. The second-order valence-corrected chi connectivity index (χ2v) is 5.42. The van der Waals surface area contributed by atoms with Crippen molar-refractivity contribution in [2.24, 2.45) is 5.92 Å². The second-order valence-electron chi connectivity index (χ2n) is 5.08. The summed E-state index contributed by atoms with van der Waals surface area (Å²) in [4.78, 5) is 10.6. The van der Waals surface area contributed by atoms with Crippen molar-refractivity contribution in [1.82, 2.24) is 9.97 Å². The fourth-order valence-electron chi connectivity index (χ4n) is 2.28. The van der Waals surface area contributed by atoms with Crippen LogP contribution in [0.3, 0.4) is 0 Å². The molecule has 1 aliphatic carbocycles. The number of hydrogen-bond donors (Lipinski definition) is 1. The Hall–Kier alpha value is -1.07. The number of methoxy groups -OCH3 is 1. The normalized spacial score (nSPS) is 16.4. The number of aromatic nitrogens is 2. The number of hydrogen-bond acceptors (Lipinski definition) is 5. The molecule has 1 atom stereocenters. The molecule has 1 aromatic heterocycles. The lowest BCUT2D eigenvalue weighted by molar-refractivity contribution is 0.202. The van der Waals surface area contributed by atoms with E-state index < -0.39 is 0 Å². The van der Waals surface area contributed by atoms with Gasteiger partial charge in [-0.1, -0.05) is 0 Å². The number of nitrogens with two attached hydrogens (primary N) is 1. The summed E-state index contributed by atoms with van der Waals surface area (Å²) in [5, 5.41) is 0.243. The van der Waals surface area contributed by atoms with Crippen LogP contribution in [0.2, 0.25) is 5.28 Å². The van der Waals surface area contributed by atoms with E-state index in [-0.39, 0.29) is 5.28 Å². The Labute approximate surface area is 119 Å². The molecule has 1 fully saturated rings. The van der Waals surface area contributed by atoms with E-state index >= 15 is 0 Å². The summed E-state index contributed by atoms with van der Waals surface area (Å²) in [6.45, 7) is 5.45. The van der Waals surface area contributed by atoms with Gasteiger partial charge in [0.25, 0.3) is 0 Å². The molecule has 2 rings (SSSR count). The summed E-state index contributed by atoms with van der Waals surface area (Å²) in [7, 11) is 1.70. The van der Waals surface area contributed by atoms with Crippen molar-refractivity contribution >= 4 is 23.1 Å². The lowest BCUT2D eigenvalue weighted by Gasteiger charge is -2.31. The van der Waals surface area contributed by atoms with Crippen molar-refractivity contribution in [2.75, 3.05) is 30.9 Å². The predicted octanol–water partition coefficient (Wildman–Crippen LogP) is 2.27. The van der Waals surface area contributed by atoms with Crippen LogP contribution in [0.15, 0.2) is 0 Å². The number of rotatable bonds is 6. The Morgan fingerprint density at radius 2 is 2.16 bits per heavy atom. The molecule has 0 radical (unpaired) electrons. The van der Waals surface area contributed by atoms with Crippen LogP contribution in [0.4, 0.5) is 11.5 Å². The first-order valence-corrected chi connectivity index (χ1v) is 6.97. The van der Waals surface area contributed by atoms with E-state index in [1.165, 1.54) is 12.8 Å². The SMILES string of the molecule is COCCN(c1nc(Cl)nc(C)c1N)C(C)C1CC1. The third kappa shape index (κ3) is 3.28. The Morgan fingerprint density at radius 3 is 2.74 bits per heavy atom. The summed E-state index contributed by atoms with van der Waals surface area (Å²) >= 11 is 5.96. The second kappa shape index (κ2) is 5.92. The van der Waals surface area contributed by atoms with Gasteiger partial charge in [0.1, 0.15) is 0 Å². The van der Waals surface area contributed by atoms with Crippen LogP contribution >= 0.6 is 11.6 Å². The van der Waals surface area contributed by atoms with Gasteiger partial charge in [-0.15, -0.1) is 0 Å². The van der Waals surface area contributed by atoms with Crippen molar-refractivity contribution in [2.45, 2.75) is 32.7 Å². The van der Waals surface area contributed by atoms with Gasteiger partial charge >= 0.3 is 0 Å².